The Morgan fingerprint density at radius 2 is 2.00 bits per heavy atom. The van der Waals surface area contributed by atoms with Crippen LogP contribution in [0.3, 0.4) is 0 Å². The zero-order valence-corrected chi connectivity index (χ0v) is 11.5. The van der Waals surface area contributed by atoms with Crippen LogP contribution in [0.4, 0.5) is 0 Å². The molecule has 2 heterocycles. The molecule has 0 aromatic carbocycles. The zero-order valence-electron chi connectivity index (χ0n) is 11.5. The molecule has 0 N–H and O–H groups in total. The molecule has 2 nitrogen and oxygen atoms in total. The van der Waals surface area contributed by atoms with Crippen LogP contribution < -0.4 is 0 Å². The number of hydrogen-bond acceptors (Lipinski definition) is 2. The number of fused-ring (bicyclic) bond motifs is 2. The van der Waals surface area contributed by atoms with Crippen LogP contribution in [0, 0.1) is 17.3 Å². The first-order valence-electron chi connectivity index (χ1n) is 7.33. The summed E-state index contributed by atoms with van der Waals surface area (Å²) in [6.07, 6.45) is 6.16. The van der Waals surface area contributed by atoms with E-state index in [-0.39, 0.29) is 11.2 Å². The minimum Gasteiger partial charge on any atom is -0.363 e. The molecule has 6 atom stereocenters. The van der Waals surface area contributed by atoms with Gasteiger partial charge in [-0.25, -0.2) is 0 Å². The van der Waals surface area contributed by atoms with Gasteiger partial charge in [0, 0.05) is 5.41 Å². The molecule has 96 valence electrons. The largest absolute Gasteiger partial charge is 0.363 e. The fraction of sp³-hybridized carbons (Fsp3) is 1.00. The summed E-state index contributed by atoms with van der Waals surface area (Å²) in [6, 6.07) is 0. The Hall–Kier alpha value is -0.0800. The Balaban J connectivity index is 1.76. The SMILES string of the molecule is CC(C)[C@@]12O[C@@H]1C[C@]1(C)CCC[C@H](C)[C@@]13O[C@@H]23. The highest BCUT2D eigenvalue weighted by atomic mass is 16.7. The van der Waals surface area contributed by atoms with Gasteiger partial charge in [0.1, 0.15) is 17.3 Å². The summed E-state index contributed by atoms with van der Waals surface area (Å²) in [4.78, 5) is 0. The maximum Gasteiger partial charge on any atom is 0.126 e. The van der Waals surface area contributed by atoms with E-state index in [1.54, 1.807) is 0 Å². The smallest absolute Gasteiger partial charge is 0.126 e. The minimum atomic E-state index is 0.0884. The van der Waals surface area contributed by atoms with Gasteiger partial charge < -0.3 is 9.47 Å². The molecule has 0 aromatic rings. The highest BCUT2D eigenvalue weighted by molar-refractivity contribution is 5.34. The minimum absolute atomic E-state index is 0.0884. The summed E-state index contributed by atoms with van der Waals surface area (Å²) in [6.45, 7) is 9.44. The van der Waals surface area contributed by atoms with Crippen LogP contribution in [0.5, 0.6) is 0 Å². The van der Waals surface area contributed by atoms with Crippen LogP contribution in [0.15, 0.2) is 0 Å². The molecule has 2 saturated carbocycles. The van der Waals surface area contributed by atoms with Gasteiger partial charge in [0.15, 0.2) is 0 Å². The van der Waals surface area contributed by atoms with Crippen LogP contribution in [0.1, 0.15) is 53.4 Å². The van der Waals surface area contributed by atoms with Gasteiger partial charge >= 0.3 is 0 Å². The van der Waals surface area contributed by atoms with E-state index in [0.29, 0.717) is 29.5 Å². The van der Waals surface area contributed by atoms with Crippen LogP contribution in [0.2, 0.25) is 0 Å². The Labute approximate surface area is 104 Å². The number of hydrogen-bond donors (Lipinski definition) is 0. The molecule has 0 amide bonds. The lowest BCUT2D eigenvalue weighted by atomic mass is 9.54. The summed E-state index contributed by atoms with van der Waals surface area (Å²) >= 11 is 0. The van der Waals surface area contributed by atoms with Crippen molar-refractivity contribution in [1.29, 1.82) is 0 Å². The van der Waals surface area contributed by atoms with Crippen molar-refractivity contribution in [2.45, 2.75) is 76.8 Å². The standard InChI is InChI=1S/C15H24O2/c1-9(2)14-11(16-14)8-13(4)7-5-6-10(3)15(13)12(14)17-15/h9-12H,5-8H2,1-4H3/t10-,11+,12-,13-,14+,15-/m0/s1. The van der Waals surface area contributed by atoms with Crippen LogP contribution in [-0.2, 0) is 9.47 Å². The molecule has 0 unspecified atom stereocenters. The summed E-state index contributed by atoms with van der Waals surface area (Å²) in [7, 11) is 0. The average Bonchev–Trinajstić information content (AvgIpc) is 3.06. The Kier molecular flexibility index (Phi) is 1.75. The van der Waals surface area contributed by atoms with Gasteiger partial charge in [-0.3, -0.25) is 0 Å². The van der Waals surface area contributed by atoms with Gasteiger partial charge in [0.2, 0.25) is 0 Å². The molecule has 4 rings (SSSR count). The number of epoxide rings is 2. The molecule has 2 heteroatoms. The summed E-state index contributed by atoms with van der Waals surface area (Å²) in [5.74, 6) is 1.31. The third-order valence-corrected chi connectivity index (χ3v) is 6.43. The summed E-state index contributed by atoms with van der Waals surface area (Å²) < 4.78 is 12.5. The predicted octanol–water partition coefficient (Wildman–Crippen LogP) is 3.15. The third kappa shape index (κ3) is 0.952. The zero-order chi connectivity index (χ0) is 12.1. The van der Waals surface area contributed by atoms with Crippen LogP contribution in [-0.4, -0.2) is 23.4 Å². The Morgan fingerprint density at radius 1 is 1.24 bits per heavy atom. The van der Waals surface area contributed by atoms with Gasteiger partial charge in [-0.15, -0.1) is 0 Å². The monoisotopic (exact) mass is 236 g/mol. The molecule has 2 aliphatic carbocycles. The fourth-order valence-corrected chi connectivity index (χ4v) is 5.35. The van der Waals surface area contributed by atoms with E-state index >= 15 is 0 Å². The van der Waals surface area contributed by atoms with Gasteiger partial charge in [-0.1, -0.05) is 34.1 Å². The van der Waals surface area contributed by atoms with Crippen LogP contribution in [0.25, 0.3) is 0 Å². The van der Waals surface area contributed by atoms with Crippen molar-refractivity contribution in [3.63, 3.8) is 0 Å². The first-order valence-corrected chi connectivity index (χ1v) is 7.33. The molecule has 17 heavy (non-hydrogen) atoms. The lowest BCUT2D eigenvalue weighted by Crippen LogP contribution is -2.54. The van der Waals surface area contributed by atoms with Crippen molar-refractivity contribution in [3.8, 4) is 0 Å². The predicted molar refractivity (Wildman–Crippen MR) is 65.8 cm³/mol. The Bertz CT molecular complexity index is 379. The van der Waals surface area contributed by atoms with E-state index in [4.69, 9.17) is 9.47 Å². The van der Waals surface area contributed by atoms with Gasteiger partial charge in [-0.05, 0) is 31.1 Å². The van der Waals surface area contributed by atoms with Crippen molar-refractivity contribution in [2.75, 3.05) is 0 Å². The second kappa shape index (κ2) is 2.75. The molecular weight excluding hydrogens is 212 g/mol. The second-order valence-electron chi connectivity index (χ2n) is 7.46. The van der Waals surface area contributed by atoms with Gasteiger partial charge in [-0.2, -0.15) is 0 Å². The van der Waals surface area contributed by atoms with E-state index in [1.807, 2.05) is 0 Å². The van der Waals surface area contributed by atoms with Crippen molar-refractivity contribution in [3.05, 3.63) is 0 Å². The average molecular weight is 236 g/mol. The maximum atomic E-state index is 6.38. The maximum absolute atomic E-state index is 6.38. The fourth-order valence-electron chi connectivity index (χ4n) is 5.35. The first kappa shape index (κ1) is 10.8. The topological polar surface area (TPSA) is 25.1 Å². The normalized spacial score (nSPS) is 63.7. The Morgan fingerprint density at radius 3 is 2.71 bits per heavy atom. The molecule has 4 fully saturated rings. The molecule has 2 saturated heterocycles. The second-order valence-corrected chi connectivity index (χ2v) is 7.46. The third-order valence-electron chi connectivity index (χ3n) is 6.43. The van der Waals surface area contributed by atoms with E-state index in [1.165, 1.54) is 25.7 Å². The van der Waals surface area contributed by atoms with Crippen molar-refractivity contribution >= 4 is 0 Å². The molecule has 2 aliphatic heterocycles. The lowest BCUT2D eigenvalue weighted by molar-refractivity contribution is 0.0115. The number of ether oxygens (including phenoxy) is 2. The molecular formula is C15H24O2. The highest BCUT2D eigenvalue weighted by Crippen LogP contribution is 2.75. The summed E-state index contributed by atoms with van der Waals surface area (Å²) in [5.41, 5.74) is 0.641. The molecule has 0 radical (unpaired) electrons. The van der Waals surface area contributed by atoms with Crippen molar-refractivity contribution in [2.24, 2.45) is 17.3 Å². The van der Waals surface area contributed by atoms with Crippen LogP contribution >= 0.6 is 0 Å². The molecule has 0 bridgehead atoms. The van der Waals surface area contributed by atoms with E-state index in [0.717, 1.165) is 0 Å². The molecule has 4 aliphatic rings. The molecule has 1 spiro atoms. The number of rotatable bonds is 1. The lowest BCUT2D eigenvalue weighted by Gasteiger charge is -2.46. The highest BCUT2D eigenvalue weighted by Gasteiger charge is 2.86. The van der Waals surface area contributed by atoms with Crippen molar-refractivity contribution in [1.82, 2.24) is 0 Å². The molecule has 0 aromatic heterocycles. The quantitative estimate of drug-likeness (QED) is 0.653. The van der Waals surface area contributed by atoms with Gasteiger partial charge in [0.05, 0.1) is 6.10 Å². The first-order chi connectivity index (χ1) is 7.97. The van der Waals surface area contributed by atoms with Crippen molar-refractivity contribution < 1.29 is 9.47 Å². The van der Waals surface area contributed by atoms with E-state index in [9.17, 15) is 0 Å². The summed E-state index contributed by atoms with van der Waals surface area (Å²) in [5, 5.41) is 0. The van der Waals surface area contributed by atoms with E-state index < -0.39 is 0 Å². The van der Waals surface area contributed by atoms with E-state index in [2.05, 4.69) is 27.7 Å². The van der Waals surface area contributed by atoms with Gasteiger partial charge in [0.25, 0.3) is 0 Å².